The molecule has 0 unspecified atom stereocenters. The molecule has 186 valence electrons. The number of likely N-dealkylation sites (tertiary alicyclic amines) is 1. The number of nitrogens with zero attached hydrogens (tertiary/aromatic N) is 2. The van der Waals surface area contributed by atoms with Crippen molar-refractivity contribution in [2.45, 2.75) is 70.9 Å². The van der Waals surface area contributed by atoms with Gasteiger partial charge >= 0.3 is 6.09 Å². The molecule has 1 saturated heterocycles. The number of alkyl halides is 2. The Labute approximate surface area is 203 Å². The van der Waals surface area contributed by atoms with Crippen LogP contribution in [0.4, 0.5) is 13.6 Å². The third-order valence-electron chi connectivity index (χ3n) is 7.81. The molecule has 1 aliphatic heterocycles. The summed E-state index contributed by atoms with van der Waals surface area (Å²) in [6.07, 6.45) is 1.99. The largest absolute Gasteiger partial charge is 0.465 e. The Bertz CT molecular complexity index is 1100. The Morgan fingerprint density at radius 1 is 1.21 bits per heavy atom. The standard InChI is InChI=1S/C25H32ClF2N3O3/c1-23(2,3)24(11-12-31(24)22(33)34)15-30-14-17(20-18(26)5-4-6-19(20)30)21(32)29-13-16-7-9-25(27,28)10-8-16/h4-6,14,16H,7-13,15H2,1-3H3,(H,29,32)(H,33,34)/t24-/m1/s1. The van der Waals surface area contributed by atoms with Gasteiger partial charge in [0, 0.05) is 44.1 Å². The van der Waals surface area contributed by atoms with Crippen LogP contribution in [0, 0.1) is 11.3 Å². The second kappa shape index (κ2) is 8.70. The number of hydrogen-bond donors (Lipinski definition) is 2. The van der Waals surface area contributed by atoms with Gasteiger partial charge in [-0.05, 0) is 42.7 Å². The molecule has 0 bridgehead atoms. The fourth-order valence-electron chi connectivity index (χ4n) is 5.48. The molecule has 2 aliphatic rings. The van der Waals surface area contributed by atoms with E-state index < -0.39 is 17.6 Å². The molecule has 6 nitrogen and oxygen atoms in total. The Morgan fingerprint density at radius 3 is 2.44 bits per heavy atom. The number of benzene rings is 1. The van der Waals surface area contributed by atoms with Crippen molar-refractivity contribution in [1.29, 1.82) is 0 Å². The molecule has 0 spiro atoms. The average Bonchev–Trinajstić information content (AvgIpc) is 3.08. The van der Waals surface area contributed by atoms with Gasteiger partial charge in [0.25, 0.3) is 5.91 Å². The molecule has 2 fully saturated rings. The highest BCUT2D eigenvalue weighted by atomic mass is 35.5. The molecule has 1 saturated carbocycles. The van der Waals surface area contributed by atoms with E-state index >= 15 is 0 Å². The Hall–Kier alpha value is -2.35. The molecule has 1 aromatic heterocycles. The number of aromatic nitrogens is 1. The zero-order valence-corrected chi connectivity index (χ0v) is 20.6. The maximum Gasteiger partial charge on any atom is 0.407 e. The molecule has 2 aromatic rings. The van der Waals surface area contributed by atoms with Crippen LogP contribution in [-0.4, -0.2) is 51.1 Å². The average molecular weight is 496 g/mol. The molecule has 1 atom stereocenters. The summed E-state index contributed by atoms with van der Waals surface area (Å²) in [6, 6.07) is 5.41. The Balaban J connectivity index is 1.61. The normalized spacial score (nSPS) is 23.1. The summed E-state index contributed by atoms with van der Waals surface area (Å²) in [5, 5.41) is 13.7. The van der Waals surface area contributed by atoms with Gasteiger partial charge in [-0.15, -0.1) is 0 Å². The van der Waals surface area contributed by atoms with E-state index in [1.54, 1.807) is 12.3 Å². The van der Waals surface area contributed by atoms with Gasteiger partial charge in [0.2, 0.25) is 5.92 Å². The molecule has 34 heavy (non-hydrogen) atoms. The number of rotatable bonds is 5. The molecule has 1 aromatic carbocycles. The van der Waals surface area contributed by atoms with Crippen molar-refractivity contribution in [2.24, 2.45) is 11.3 Å². The summed E-state index contributed by atoms with van der Waals surface area (Å²) in [7, 11) is 0. The van der Waals surface area contributed by atoms with Crippen LogP contribution in [0.25, 0.3) is 10.9 Å². The van der Waals surface area contributed by atoms with Crippen LogP contribution in [0.5, 0.6) is 0 Å². The lowest BCUT2D eigenvalue weighted by Crippen LogP contribution is -2.69. The van der Waals surface area contributed by atoms with Gasteiger partial charge < -0.3 is 19.9 Å². The fraction of sp³-hybridized carbons (Fsp3) is 0.600. The van der Waals surface area contributed by atoms with E-state index in [0.29, 0.717) is 48.4 Å². The quantitative estimate of drug-likeness (QED) is 0.532. The first kappa shape index (κ1) is 24.8. The van der Waals surface area contributed by atoms with Crippen LogP contribution in [0.15, 0.2) is 24.4 Å². The van der Waals surface area contributed by atoms with Crippen LogP contribution in [-0.2, 0) is 6.54 Å². The van der Waals surface area contributed by atoms with E-state index in [4.69, 9.17) is 11.6 Å². The maximum atomic E-state index is 13.4. The monoisotopic (exact) mass is 495 g/mol. The van der Waals surface area contributed by atoms with Crippen molar-refractivity contribution in [2.75, 3.05) is 13.1 Å². The van der Waals surface area contributed by atoms with Crippen molar-refractivity contribution < 1.29 is 23.5 Å². The van der Waals surface area contributed by atoms with Gasteiger partial charge in [-0.1, -0.05) is 38.4 Å². The van der Waals surface area contributed by atoms with Crippen molar-refractivity contribution in [3.8, 4) is 0 Å². The lowest BCUT2D eigenvalue weighted by molar-refractivity contribution is -0.0822. The number of halogens is 3. The SMILES string of the molecule is CC(C)(C)[C@]1(Cn2cc(C(=O)NCC3CCC(F)(F)CC3)c3c(Cl)cccc32)CCN1C(=O)O. The predicted molar refractivity (Wildman–Crippen MR) is 128 cm³/mol. The van der Waals surface area contributed by atoms with Crippen molar-refractivity contribution >= 4 is 34.5 Å². The summed E-state index contributed by atoms with van der Waals surface area (Å²) in [6.45, 7) is 7.29. The van der Waals surface area contributed by atoms with Crippen LogP contribution in [0.1, 0.15) is 63.2 Å². The molecular formula is C25H32ClF2N3O3. The number of amides is 2. The van der Waals surface area contributed by atoms with E-state index in [1.807, 2.05) is 37.5 Å². The van der Waals surface area contributed by atoms with Gasteiger partial charge in [-0.25, -0.2) is 13.6 Å². The predicted octanol–water partition coefficient (Wildman–Crippen LogP) is 6.02. The first-order valence-electron chi connectivity index (χ1n) is 11.8. The summed E-state index contributed by atoms with van der Waals surface area (Å²) in [5.74, 6) is -2.88. The van der Waals surface area contributed by atoms with Gasteiger partial charge in [0.15, 0.2) is 0 Å². The topological polar surface area (TPSA) is 74.6 Å². The minimum atomic E-state index is -2.60. The first-order valence-corrected chi connectivity index (χ1v) is 12.2. The van der Waals surface area contributed by atoms with E-state index in [-0.39, 0.29) is 30.1 Å². The number of hydrogen-bond acceptors (Lipinski definition) is 2. The highest BCUT2D eigenvalue weighted by Crippen LogP contribution is 2.47. The Morgan fingerprint density at radius 2 is 1.88 bits per heavy atom. The zero-order chi connectivity index (χ0) is 24.9. The number of carbonyl (C=O) groups excluding carboxylic acids is 1. The number of carbonyl (C=O) groups is 2. The van der Waals surface area contributed by atoms with Crippen LogP contribution >= 0.6 is 11.6 Å². The van der Waals surface area contributed by atoms with Crippen LogP contribution in [0.3, 0.4) is 0 Å². The number of fused-ring (bicyclic) bond motifs is 1. The van der Waals surface area contributed by atoms with E-state index in [1.165, 1.54) is 4.90 Å². The number of nitrogens with one attached hydrogen (secondary N) is 1. The summed E-state index contributed by atoms with van der Waals surface area (Å²) in [5.41, 5.74) is 0.223. The Kier molecular flexibility index (Phi) is 6.34. The third kappa shape index (κ3) is 4.37. The van der Waals surface area contributed by atoms with Gasteiger partial charge in [0.1, 0.15) is 0 Å². The first-order chi connectivity index (χ1) is 15.8. The second-order valence-corrected chi connectivity index (χ2v) is 11.2. The van der Waals surface area contributed by atoms with E-state index in [0.717, 1.165) is 11.9 Å². The highest BCUT2D eigenvalue weighted by molar-refractivity contribution is 6.36. The molecule has 2 N–H and O–H groups in total. The number of carboxylic acid groups (broad SMARTS) is 1. The molecule has 2 amide bonds. The zero-order valence-electron chi connectivity index (χ0n) is 19.8. The molecule has 9 heteroatoms. The molecule has 2 heterocycles. The van der Waals surface area contributed by atoms with Crippen molar-refractivity contribution in [1.82, 2.24) is 14.8 Å². The molecule has 0 radical (unpaired) electrons. The van der Waals surface area contributed by atoms with Gasteiger partial charge in [-0.3, -0.25) is 4.79 Å². The fourth-order valence-corrected chi connectivity index (χ4v) is 5.75. The van der Waals surface area contributed by atoms with Crippen molar-refractivity contribution in [3.63, 3.8) is 0 Å². The molecule has 1 aliphatic carbocycles. The third-order valence-corrected chi connectivity index (χ3v) is 8.13. The summed E-state index contributed by atoms with van der Waals surface area (Å²) in [4.78, 5) is 26.6. The molecular weight excluding hydrogens is 464 g/mol. The summed E-state index contributed by atoms with van der Waals surface area (Å²) >= 11 is 6.51. The lowest BCUT2D eigenvalue weighted by atomic mass is 9.65. The molecule has 4 rings (SSSR count). The summed E-state index contributed by atoms with van der Waals surface area (Å²) < 4.78 is 28.8. The van der Waals surface area contributed by atoms with Crippen LogP contribution in [0.2, 0.25) is 5.02 Å². The van der Waals surface area contributed by atoms with Crippen molar-refractivity contribution in [3.05, 3.63) is 35.0 Å². The lowest BCUT2D eigenvalue weighted by Gasteiger charge is -2.58. The smallest absolute Gasteiger partial charge is 0.407 e. The highest BCUT2D eigenvalue weighted by Gasteiger charge is 2.55. The van der Waals surface area contributed by atoms with E-state index in [2.05, 4.69) is 5.32 Å². The van der Waals surface area contributed by atoms with Gasteiger partial charge in [0.05, 0.1) is 21.6 Å². The minimum Gasteiger partial charge on any atom is -0.465 e. The minimum absolute atomic E-state index is 0.0238. The van der Waals surface area contributed by atoms with E-state index in [9.17, 15) is 23.5 Å². The van der Waals surface area contributed by atoms with Gasteiger partial charge in [-0.2, -0.15) is 0 Å². The van der Waals surface area contributed by atoms with Crippen LogP contribution < -0.4 is 5.32 Å². The second-order valence-electron chi connectivity index (χ2n) is 10.8. The maximum absolute atomic E-state index is 13.4.